The van der Waals surface area contributed by atoms with Gasteiger partial charge in [0.2, 0.25) is 0 Å². The number of nitrogens with zero attached hydrogens (tertiary/aromatic N) is 3. The van der Waals surface area contributed by atoms with Gasteiger partial charge in [0.15, 0.2) is 0 Å². The third-order valence-corrected chi connectivity index (χ3v) is 5.00. The normalized spacial score (nSPS) is 20.6. The van der Waals surface area contributed by atoms with E-state index in [9.17, 15) is 18.0 Å². The summed E-state index contributed by atoms with van der Waals surface area (Å²) in [7, 11) is 0. The summed E-state index contributed by atoms with van der Waals surface area (Å²) < 4.78 is 40.1. The molecule has 0 spiro atoms. The Kier molecular flexibility index (Phi) is 4.56. The highest BCUT2D eigenvalue weighted by atomic mass is 19.4. The first-order valence-corrected chi connectivity index (χ1v) is 8.36. The number of halogens is 3. The van der Waals surface area contributed by atoms with Crippen LogP contribution < -0.4 is 5.73 Å². The van der Waals surface area contributed by atoms with Crippen LogP contribution in [-0.2, 0) is 6.18 Å². The van der Waals surface area contributed by atoms with Crippen LogP contribution in [0.25, 0.3) is 5.69 Å². The van der Waals surface area contributed by atoms with Gasteiger partial charge >= 0.3 is 6.18 Å². The largest absolute Gasteiger partial charge is 0.416 e. The molecule has 0 bridgehead atoms. The van der Waals surface area contributed by atoms with Crippen molar-refractivity contribution in [3.8, 4) is 5.69 Å². The Labute approximate surface area is 149 Å². The van der Waals surface area contributed by atoms with Gasteiger partial charge in [0.05, 0.1) is 28.7 Å². The lowest BCUT2D eigenvalue weighted by Crippen LogP contribution is -2.34. The van der Waals surface area contributed by atoms with Crippen LogP contribution in [0.5, 0.6) is 0 Å². The molecule has 1 atom stereocenters. The van der Waals surface area contributed by atoms with Crippen LogP contribution in [0.15, 0.2) is 30.5 Å². The lowest BCUT2D eigenvalue weighted by Gasteiger charge is -2.22. The van der Waals surface area contributed by atoms with Crippen LogP contribution in [0.2, 0.25) is 0 Å². The van der Waals surface area contributed by atoms with E-state index in [0.29, 0.717) is 30.9 Å². The van der Waals surface area contributed by atoms with Crippen LogP contribution in [0.4, 0.5) is 13.2 Å². The average molecular weight is 366 g/mol. The van der Waals surface area contributed by atoms with Crippen molar-refractivity contribution in [1.29, 1.82) is 0 Å². The monoisotopic (exact) mass is 366 g/mol. The molecule has 26 heavy (non-hydrogen) atoms. The fourth-order valence-electron chi connectivity index (χ4n) is 3.23. The van der Waals surface area contributed by atoms with Gasteiger partial charge in [-0.3, -0.25) is 4.79 Å². The van der Waals surface area contributed by atoms with E-state index in [0.717, 1.165) is 18.6 Å². The summed E-state index contributed by atoms with van der Waals surface area (Å²) in [6.07, 6.45) is -2.19. The van der Waals surface area contributed by atoms with Gasteiger partial charge in [-0.05, 0) is 43.5 Å². The number of likely N-dealkylation sites (tertiary alicyclic amines) is 1. The second-order valence-corrected chi connectivity index (χ2v) is 7.10. The third-order valence-electron chi connectivity index (χ3n) is 5.00. The molecule has 1 aromatic heterocycles. The maximum Gasteiger partial charge on any atom is 0.416 e. The van der Waals surface area contributed by atoms with Crippen LogP contribution in [-0.4, -0.2) is 40.2 Å². The second-order valence-electron chi connectivity index (χ2n) is 7.10. The van der Waals surface area contributed by atoms with Crippen molar-refractivity contribution in [3.05, 3.63) is 47.3 Å². The molecule has 0 saturated carbocycles. The third kappa shape index (κ3) is 3.33. The summed E-state index contributed by atoms with van der Waals surface area (Å²) in [6, 6.07) is 4.89. The minimum atomic E-state index is -4.43. The molecule has 1 saturated heterocycles. The highest BCUT2D eigenvalue weighted by molar-refractivity contribution is 5.95. The van der Waals surface area contributed by atoms with E-state index in [2.05, 4.69) is 5.10 Å². The SMILES string of the molecule is Cc1c(C(=O)N2CCC(C)(CN)C2)cnn1-c1cccc(C(F)(F)F)c1. The predicted molar refractivity (Wildman–Crippen MR) is 91.0 cm³/mol. The van der Waals surface area contributed by atoms with Gasteiger partial charge in [-0.15, -0.1) is 0 Å². The minimum Gasteiger partial charge on any atom is -0.338 e. The lowest BCUT2D eigenvalue weighted by molar-refractivity contribution is -0.137. The molecular weight excluding hydrogens is 345 g/mol. The van der Waals surface area contributed by atoms with Crippen molar-refractivity contribution in [2.75, 3.05) is 19.6 Å². The summed E-state index contributed by atoms with van der Waals surface area (Å²) in [5.41, 5.74) is 6.10. The summed E-state index contributed by atoms with van der Waals surface area (Å²) >= 11 is 0. The second kappa shape index (κ2) is 6.42. The Balaban J connectivity index is 1.88. The molecule has 2 heterocycles. The van der Waals surface area contributed by atoms with Crippen molar-refractivity contribution in [2.45, 2.75) is 26.4 Å². The molecule has 1 aliphatic heterocycles. The topological polar surface area (TPSA) is 64.2 Å². The van der Waals surface area contributed by atoms with E-state index in [-0.39, 0.29) is 17.0 Å². The predicted octanol–water partition coefficient (Wildman–Crippen LogP) is 3.01. The van der Waals surface area contributed by atoms with E-state index in [4.69, 9.17) is 5.73 Å². The molecule has 1 aromatic carbocycles. The van der Waals surface area contributed by atoms with Gasteiger partial charge < -0.3 is 10.6 Å². The number of hydrogen-bond donors (Lipinski definition) is 1. The number of amides is 1. The quantitative estimate of drug-likeness (QED) is 0.908. The van der Waals surface area contributed by atoms with E-state index < -0.39 is 11.7 Å². The average Bonchev–Trinajstić information content (AvgIpc) is 3.18. The Morgan fingerprint density at radius 2 is 2.12 bits per heavy atom. The molecule has 1 fully saturated rings. The molecule has 2 aromatic rings. The molecule has 1 amide bonds. The zero-order chi connectivity index (χ0) is 19.1. The smallest absolute Gasteiger partial charge is 0.338 e. The number of aromatic nitrogens is 2. The van der Waals surface area contributed by atoms with Crippen LogP contribution >= 0.6 is 0 Å². The van der Waals surface area contributed by atoms with Crippen LogP contribution in [0.3, 0.4) is 0 Å². The van der Waals surface area contributed by atoms with Crippen LogP contribution in [0.1, 0.15) is 35.0 Å². The zero-order valence-electron chi connectivity index (χ0n) is 14.7. The van der Waals surface area contributed by atoms with E-state index >= 15 is 0 Å². The fraction of sp³-hybridized carbons (Fsp3) is 0.444. The molecule has 1 aliphatic rings. The van der Waals surface area contributed by atoms with E-state index in [1.165, 1.54) is 23.0 Å². The van der Waals surface area contributed by atoms with E-state index in [1.807, 2.05) is 6.92 Å². The molecule has 3 rings (SSSR count). The number of carbonyl (C=O) groups excluding carboxylic acids is 1. The zero-order valence-corrected chi connectivity index (χ0v) is 14.7. The molecule has 0 radical (unpaired) electrons. The number of rotatable bonds is 3. The molecule has 2 N–H and O–H groups in total. The van der Waals surface area contributed by atoms with Crippen molar-refractivity contribution in [2.24, 2.45) is 11.1 Å². The standard InChI is InChI=1S/C18H21F3N4O/c1-12-15(16(26)24-7-6-17(2,10-22)11-24)9-23-25(12)14-5-3-4-13(8-14)18(19,20)21/h3-5,8-9H,6-7,10-11,22H2,1-2H3. The summed E-state index contributed by atoms with van der Waals surface area (Å²) in [4.78, 5) is 14.5. The Bertz CT molecular complexity index is 830. The molecule has 8 heteroatoms. The van der Waals surface area contributed by atoms with Crippen molar-refractivity contribution < 1.29 is 18.0 Å². The van der Waals surface area contributed by atoms with Gasteiger partial charge in [0.25, 0.3) is 5.91 Å². The molecule has 5 nitrogen and oxygen atoms in total. The summed E-state index contributed by atoms with van der Waals surface area (Å²) in [5.74, 6) is -0.169. The molecule has 140 valence electrons. The molecular formula is C18H21F3N4O. The van der Waals surface area contributed by atoms with Gasteiger partial charge in [0.1, 0.15) is 0 Å². The summed E-state index contributed by atoms with van der Waals surface area (Å²) in [6.45, 7) is 5.40. The highest BCUT2D eigenvalue weighted by Gasteiger charge is 2.36. The Morgan fingerprint density at radius 3 is 2.73 bits per heavy atom. The van der Waals surface area contributed by atoms with E-state index in [1.54, 1.807) is 11.8 Å². The van der Waals surface area contributed by atoms with Gasteiger partial charge in [-0.25, -0.2) is 4.68 Å². The number of nitrogens with two attached hydrogens (primary N) is 1. The first-order valence-electron chi connectivity index (χ1n) is 8.36. The molecule has 1 unspecified atom stereocenters. The number of hydrogen-bond acceptors (Lipinski definition) is 3. The number of benzene rings is 1. The van der Waals surface area contributed by atoms with Crippen molar-refractivity contribution in [3.63, 3.8) is 0 Å². The maximum atomic E-state index is 12.9. The van der Waals surface area contributed by atoms with Crippen LogP contribution in [0, 0.1) is 12.3 Å². The Morgan fingerprint density at radius 1 is 1.38 bits per heavy atom. The van der Waals surface area contributed by atoms with Crippen molar-refractivity contribution in [1.82, 2.24) is 14.7 Å². The number of alkyl halides is 3. The highest BCUT2D eigenvalue weighted by Crippen LogP contribution is 2.32. The maximum absolute atomic E-state index is 12.9. The Hall–Kier alpha value is -2.35. The molecule has 0 aliphatic carbocycles. The number of carbonyl (C=O) groups is 1. The minimum absolute atomic E-state index is 0.0966. The first kappa shape index (κ1) is 18.4. The fourth-order valence-corrected chi connectivity index (χ4v) is 3.23. The summed E-state index contributed by atoms with van der Waals surface area (Å²) in [5, 5.41) is 4.14. The van der Waals surface area contributed by atoms with Gasteiger partial charge in [-0.2, -0.15) is 18.3 Å². The lowest BCUT2D eigenvalue weighted by atomic mass is 9.90. The van der Waals surface area contributed by atoms with Gasteiger partial charge in [0, 0.05) is 13.1 Å². The van der Waals surface area contributed by atoms with Gasteiger partial charge in [-0.1, -0.05) is 13.0 Å². The van der Waals surface area contributed by atoms with Crippen molar-refractivity contribution >= 4 is 5.91 Å². The first-order chi connectivity index (χ1) is 12.1.